The summed E-state index contributed by atoms with van der Waals surface area (Å²) in [6.07, 6.45) is 11.5. The first-order chi connectivity index (χ1) is 7.61. The molecule has 98 valence electrons. The topological polar surface area (TPSA) is 0 Å². The summed E-state index contributed by atoms with van der Waals surface area (Å²) >= 11 is 0. The van der Waals surface area contributed by atoms with E-state index in [2.05, 4.69) is 34.6 Å². The molecule has 0 aliphatic rings. The van der Waals surface area contributed by atoms with Crippen LogP contribution in [-0.2, 0) is 0 Å². The molecule has 2 atom stereocenters. The van der Waals surface area contributed by atoms with E-state index in [1.165, 1.54) is 51.4 Å². The van der Waals surface area contributed by atoms with Crippen molar-refractivity contribution in [1.82, 2.24) is 0 Å². The highest BCUT2D eigenvalue weighted by Gasteiger charge is 2.07. The lowest BCUT2D eigenvalue weighted by Gasteiger charge is -2.16. The summed E-state index contributed by atoms with van der Waals surface area (Å²) in [5.74, 6) is 2.79. The average molecular weight is 226 g/mol. The lowest BCUT2D eigenvalue weighted by Crippen LogP contribution is -2.03. The smallest absolute Gasteiger partial charge is 0.0417 e. The van der Waals surface area contributed by atoms with E-state index in [0.29, 0.717) is 0 Å². The zero-order valence-electron chi connectivity index (χ0n) is 12.4. The molecule has 0 saturated carbocycles. The Morgan fingerprint density at radius 1 is 0.750 bits per heavy atom. The monoisotopic (exact) mass is 226 g/mol. The average Bonchev–Trinajstić information content (AvgIpc) is 2.26. The van der Waals surface area contributed by atoms with E-state index in [1.807, 2.05) is 0 Å². The largest absolute Gasteiger partial charge is 0.0654 e. The van der Waals surface area contributed by atoms with E-state index in [0.717, 1.165) is 17.8 Å². The zero-order valence-corrected chi connectivity index (χ0v) is 12.4. The molecule has 16 heavy (non-hydrogen) atoms. The molecule has 0 heteroatoms. The second-order valence-corrected chi connectivity index (χ2v) is 5.92. The molecule has 0 rings (SSSR count). The zero-order chi connectivity index (χ0) is 12.4. The molecule has 0 amide bonds. The first kappa shape index (κ1) is 16.0. The van der Waals surface area contributed by atoms with Crippen molar-refractivity contribution in [1.29, 1.82) is 0 Å². The van der Waals surface area contributed by atoms with E-state index in [9.17, 15) is 0 Å². The number of unbranched alkanes of at least 4 members (excludes halogenated alkanes) is 2. The van der Waals surface area contributed by atoms with E-state index in [1.54, 1.807) is 0 Å². The molecule has 0 nitrogen and oxygen atoms in total. The van der Waals surface area contributed by atoms with Crippen LogP contribution in [-0.4, -0.2) is 0 Å². The van der Waals surface area contributed by atoms with Crippen molar-refractivity contribution in [3.05, 3.63) is 0 Å². The van der Waals surface area contributed by atoms with Gasteiger partial charge in [-0.05, 0) is 17.8 Å². The fraction of sp³-hybridized carbons (Fsp3) is 1.00. The molecule has 0 aliphatic heterocycles. The van der Waals surface area contributed by atoms with Crippen LogP contribution in [0.25, 0.3) is 0 Å². The Bertz CT molecular complexity index is 137. The van der Waals surface area contributed by atoms with Crippen LogP contribution in [0.4, 0.5) is 0 Å². The molecule has 2 unspecified atom stereocenters. The van der Waals surface area contributed by atoms with Gasteiger partial charge in [-0.25, -0.2) is 0 Å². The minimum atomic E-state index is 0.864. The van der Waals surface area contributed by atoms with E-state index < -0.39 is 0 Å². The molecule has 0 aliphatic carbocycles. The van der Waals surface area contributed by atoms with Crippen molar-refractivity contribution in [2.45, 2.75) is 86.0 Å². The third-order valence-electron chi connectivity index (χ3n) is 4.18. The normalized spacial score (nSPS) is 15.4. The van der Waals surface area contributed by atoms with Crippen molar-refractivity contribution in [3.63, 3.8) is 0 Å². The Labute approximate surface area is 104 Å². The van der Waals surface area contributed by atoms with Gasteiger partial charge in [-0.1, -0.05) is 86.0 Å². The Hall–Kier alpha value is 0. The van der Waals surface area contributed by atoms with Crippen LogP contribution in [0, 0.1) is 17.8 Å². The van der Waals surface area contributed by atoms with Crippen molar-refractivity contribution in [2.24, 2.45) is 17.8 Å². The highest BCUT2D eigenvalue weighted by molar-refractivity contribution is 4.60. The quantitative estimate of drug-likeness (QED) is 0.397. The highest BCUT2D eigenvalue weighted by atomic mass is 14.1. The third kappa shape index (κ3) is 8.19. The summed E-state index contributed by atoms with van der Waals surface area (Å²) in [4.78, 5) is 0. The molecule has 0 aromatic rings. The fourth-order valence-corrected chi connectivity index (χ4v) is 2.37. The predicted molar refractivity (Wildman–Crippen MR) is 75.8 cm³/mol. The van der Waals surface area contributed by atoms with Crippen LogP contribution < -0.4 is 0 Å². The van der Waals surface area contributed by atoms with Gasteiger partial charge < -0.3 is 0 Å². The van der Waals surface area contributed by atoms with Crippen LogP contribution in [0.3, 0.4) is 0 Å². The predicted octanol–water partition coefficient (Wildman–Crippen LogP) is 6.06. The second-order valence-electron chi connectivity index (χ2n) is 5.92. The van der Waals surface area contributed by atoms with Crippen molar-refractivity contribution in [2.75, 3.05) is 0 Å². The fourth-order valence-electron chi connectivity index (χ4n) is 2.37. The van der Waals surface area contributed by atoms with Crippen LogP contribution >= 0.6 is 0 Å². The van der Waals surface area contributed by atoms with Crippen molar-refractivity contribution in [3.8, 4) is 0 Å². The van der Waals surface area contributed by atoms with Gasteiger partial charge in [0, 0.05) is 0 Å². The summed E-state index contributed by atoms with van der Waals surface area (Å²) in [6.45, 7) is 11.8. The molecule has 0 saturated heterocycles. The Morgan fingerprint density at radius 2 is 1.38 bits per heavy atom. The molecular weight excluding hydrogens is 192 g/mol. The molecule has 0 radical (unpaired) electrons. The van der Waals surface area contributed by atoms with E-state index >= 15 is 0 Å². The molecular formula is C16H34. The Kier molecular flexibility index (Phi) is 10.2. The van der Waals surface area contributed by atoms with Gasteiger partial charge in [0.25, 0.3) is 0 Å². The van der Waals surface area contributed by atoms with Crippen LogP contribution in [0.2, 0.25) is 0 Å². The van der Waals surface area contributed by atoms with Crippen LogP contribution in [0.15, 0.2) is 0 Å². The van der Waals surface area contributed by atoms with Gasteiger partial charge in [-0.3, -0.25) is 0 Å². The summed E-state index contributed by atoms with van der Waals surface area (Å²) in [5.41, 5.74) is 0. The van der Waals surface area contributed by atoms with Crippen LogP contribution in [0.5, 0.6) is 0 Å². The van der Waals surface area contributed by atoms with E-state index in [-0.39, 0.29) is 0 Å². The maximum absolute atomic E-state index is 2.40. The standard InChI is InChI=1S/C16H34/c1-6-11-16(7-2)13-10-8-9-12-15(5)14(3)4/h14-16H,6-13H2,1-5H3. The molecule has 0 spiro atoms. The number of hydrogen-bond donors (Lipinski definition) is 0. The summed E-state index contributed by atoms with van der Waals surface area (Å²) < 4.78 is 0. The minimum absolute atomic E-state index is 0.864. The van der Waals surface area contributed by atoms with Gasteiger partial charge in [0.1, 0.15) is 0 Å². The van der Waals surface area contributed by atoms with E-state index in [4.69, 9.17) is 0 Å². The molecule has 0 bridgehead atoms. The first-order valence-corrected chi connectivity index (χ1v) is 7.61. The summed E-state index contributed by atoms with van der Waals surface area (Å²) in [5, 5.41) is 0. The molecule has 0 heterocycles. The molecule has 0 aromatic heterocycles. The van der Waals surface area contributed by atoms with Crippen molar-refractivity contribution >= 4 is 0 Å². The minimum Gasteiger partial charge on any atom is -0.0654 e. The number of hydrogen-bond acceptors (Lipinski definition) is 0. The second kappa shape index (κ2) is 10.2. The Balaban J connectivity index is 3.38. The lowest BCUT2D eigenvalue weighted by atomic mass is 9.90. The van der Waals surface area contributed by atoms with Gasteiger partial charge >= 0.3 is 0 Å². The maximum atomic E-state index is 2.40. The third-order valence-corrected chi connectivity index (χ3v) is 4.18. The van der Waals surface area contributed by atoms with Gasteiger partial charge in [-0.2, -0.15) is 0 Å². The SMILES string of the molecule is CCCC(CC)CCCCCC(C)C(C)C. The van der Waals surface area contributed by atoms with Gasteiger partial charge in [-0.15, -0.1) is 0 Å². The molecule has 0 aromatic carbocycles. The summed E-state index contributed by atoms with van der Waals surface area (Å²) in [6, 6.07) is 0. The summed E-state index contributed by atoms with van der Waals surface area (Å²) in [7, 11) is 0. The van der Waals surface area contributed by atoms with Gasteiger partial charge in [0.15, 0.2) is 0 Å². The first-order valence-electron chi connectivity index (χ1n) is 7.61. The van der Waals surface area contributed by atoms with Gasteiger partial charge in [0.2, 0.25) is 0 Å². The molecule has 0 fully saturated rings. The molecule has 0 N–H and O–H groups in total. The Morgan fingerprint density at radius 3 is 1.88 bits per heavy atom. The highest BCUT2D eigenvalue weighted by Crippen LogP contribution is 2.21. The lowest BCUT2D eigenvalue weighted by molar-refractivity contribution is 0.363. The van der Waals surface area contributed by atoms with Crippen LogP contribution in [0.1, 0.15) is 86.0 Å². The maximum Gasteiger partial charge on any atom is -0.0417 e. The van der Waals surface area contributed by atoms with Gasteiger partial charge in [0.05, 0.1) is 0 Å². The number of rotatable bonds is 10. The van der Waals surface area contributed by atoms with Crippen molar-refractivity contribution < 1.29 is 0 Å².